The summed E-state index contributed by atoms with van der Waals surface area (Å²) in [5.74, 6) is 0.342. The molecule has 136 valence electrons. The van der Waals surface area contributed by atoms with Crippen LogP contribution < -0.4 is 5.32 Å². The van der Waals surface area contributed by atoms with E-state index in [9.17, 15) is 9.18 Å². The normalized spacial score (nSPS) is 11.1. The summed E-state index contributed by atoms with van der Waals surface area (Å²) in [5.41, 5.74) is 4.36. The Hall–Kier alpha value is -2.17. The van der Waals surface area contributed by atoms with E-state index in [0.29, 0.717) is 31.7 Å². The molecule has 0 saturated carbocycles. The van der Waals surface area contributed by atoms with Crippen LogP contribution in [-0.4, -0.2) is 22.2 Å². The summed E-state index contributed by atoms with van der Waals surface area (Å²) in [4.78, 5) is 12.1. The van der Waals surface area contributed by atoms with Gasteiger partial charge in [0.25, 0.3) is 0 Å². The zero-order chi connectivity index (χ0) is 18.4. The molecule has 2 aromatic rings. The summed E-state index contributed by atoms with van der Waals surface area (Å²) in [7, 11) is 0. The van der Waals surface area contributed by atoms with E-state index >= 15 is 0 Å². The van der Waals surface area contributed by atoms with Gasteiger partial charge in [-0.3, -0.25) is 9.48 Å². The minimum absolute atomic E-state index is 0.0394. The maximum absolute atomic E-state index is 12.9. The van der Waals surface area contributed by atoms with Gasteiger partial charge in [0.2, 0.25) is 5.91 Å². The van der Waals surface area contributed by atoms with Gasteiger partial charge in [0.05, 0.1) is 5.69 Å². The number of aryl methyl sites for hydroxylation is 1. The van der Waals surface area contributed by atoms with Gasteiger partial charge in [0.15, 0.2) is 0 Å². The number of carbonyl (C=O) groups is 1. The number of nitrogens with zero attached hydrogens (tertiary/aromatic N) is 2. The average Bonchev–Trinajstić information content (AvgIpc) is 2.80. The number of nitrogens with one attached hydrogen (secondary N) is 1. The zero-order valence-electron chi connectivity index (χ0n) is 15.6. The molecule has 4 nitrogen and oxygen atoms in total. The Morgan fingerprint density at radius 1 is 1.20 bits per heavy atom. The maximum atomic E-state index is 12.9. The first-order chi connectivity index (χ1) is 11.9. The number of hydrogen-bond acceptors (Lipinski definition) is 2. The number of amides is 1. The molecule has 1 amide bonds. The smallest absolute Gasteiger partial charge is 0.220 e. The summed E-state index contributed by atoms with van der Waals surface area (Å²) in [6.07, 6.45) is 1.87. The quantitative estimate of drug-likeness (QED) is 0.795. The van der Waals surface area contributed by atoms with E-state index in [0.717, 1.165) is 23.5 Å². The van der Waals surface area contributed by atoms with Crippen molar-refractivity contribution in [3.05, 3.63) is 52.6 Å². The van der Waals surface area contributed by atoms with Crippen LogP contribution >= 0.6 is 0 Å². The molecule has 0 bridgehead atoms. The van der Waals surface area contributed by atoms with Gasteiger partial charge in [-0.05, 0) is 55.9 Å². The van der Waals surface area contributed by atoms with Gasteiger partial charge in [-0.25, -0.2) is 4.39 Å². The van der Waals surface area contributed by atoms with Crippen molar-refractivity contribution in [3.8, 4) is 0 Å². The molecule has 1 N–H and O–H groups in total. The SMILES string of the molecule is Cc1nn(CC(C)C)c(C)c1CCC(=O)NCCc1ccc(F)cc1. The van der Waals surface area contributed by atoms with E-state index in [-0.39, 0.29) is 11.7 Å². The number of hydrogen-bond donors (Lipinski definition) is 1. The molecular formula is C20H28FN3O. The van der Waals surface area contributed by atoms with Crippen LogP contribution in [0.3, 0.4) is 0 Å². The number of carbonyl (C=O) groups excluding carboxylic acids is 1. The first-order valence-corrected chi connectivity index (χ1v) is 8.91. The lowest BCUT2D eigenvalue weighted by Gasteiger charge is -2.08. The Labute approximate surface area is 149 Å². The van der Waals surface area contributed by atoms with Crippen molar-refractivity contribution in [2.75, 3.05) is 6.54 Å². The van der Waals surface area contributed by atoms with Crippen LogP contribution in [0, 0.1) is 25.6 Å². The Kier molecular flexibility index (Phi) is 6.73. The standard InChI is InChI=1S/C20H28FN3O/c1-14(2)13-24-16(4)19(15(3)23-24)9-10-20(25)22-12-11-17-5-7-18(21)8-6-17/h5-8,14H,9-13H2,1-4H3,(H,22,25). The van der Waals surface area contributed by atoms with E-state index in [1.165, 1.54) is 17.7 Å². The van der Waals surface area contributed by atoms with Crippen molar-refractivity contribution in [1.82, 2.24) is 15.1 Å². The van der Waals surface area contributed by atoms with Gasteiger partial charge in [-0.15, -0.1) is 0 Å². The van der Waals surface area contributed by atoms with Gasteiger partial charge in [-0.2, -0.15) is 5.10 Å². The highest BCUT2D eigenvalue weighted by Crippen LogP contribution is 2.16. The number of benzene rings is 1. The van der Waals surface area contributed by atoms with Crippen molar-refractivity contribution < 1.29 is 9.18 Å². The van der Waals surface area contributed by atoms with Crippen LogP contribution in [0.1, 0.15) is 42.8 Å². The number of aromatic nitrogens is 2. The molecule has 0 aliphatic heterocycles. The maximum Gasteiger partial charge on any atom is 0.220 e. The Morgan fingerprint density at radius 2 is 1.88 bits per heavy atom. The summed E-state index contributed by atoms with van der Waals surface area (Å²) in [6, 6.07) is 6.38. The van der Waals surface area contributed by atoms with Gasteiger partial charge < -0.3 is 5.32 Å². The second-order valence-electron chi connectivity index (χ2n) is 6.95. The second-order valence-corrected chi connectivity index (χ2v) is 6.95. The Morgan fingerprint density at radius 3 is 2.52 bits per heavy atom. The van der Waals surface area contributed by atoms with Gasteiger partial charge >= 0.3 is 0 Å². The molecule has 0 unspecified atom stereocenters. The highest BCUT2D eigenvalue weighted by molar-refractivity contribution is 5.76. The molecular weight excluding hydrogens is 317 g/mol. The van der Waals surface area contributed by atoms with Gasteiger partial charge in [0, 0.05) is 25.2 Å². The van der Waals surface area contributed by atoms with Gasteiger partial charge in [0.1, 0.15) is 5.82 Å². The molecule has 25 heavy (non-hydrogen) atoms. The van der Waals surface area contributed by atoms with Crippen molar-refractivity contribution in [3.63, 3.8) is 0 Å². The van der Waals surface area contributed by atoms with Crippen LogP contribution in [-0.2, 0) is 24.2 Å². The molecule has 0 fully saturated rings. The molecule has 0 spiro atoms. The fourth-order valence-electron chi connectivity index (χ4n) is 2.94. The van der Waals surface area contributed by atoms with Crippen molar-refractivity contribution >= 4 is 5.91 Å². The van der Waals surface area contributed by atoms with Gasteiger partial charge in [-0.1, -0.05) is 26.0 Å². The molecule has 1 heterocycles. The zero-order valence-corrected chi connectivity index (χ0v) is 15.6. The van der Waals surface area contributed by atoms with E-state index in [1.54, 1.807) is 12.1 Å². The van der Waals surface area contributed by atoms with E-state index < -0.39 is 0 Å². The topological polar surface area (TPSA) is 46.9 Å². The monoisotopic (exact) mass is 345 g/mol. The van der Waals surface area contributed by atoms with Crippen molar-refractivity contribution in [2.45, 2.75) is 53.5 Å². The first kappa shape index (κ1) is 19.2. The predicted molar refractivity (Wildman–Crippen MR) is 98.0 cm³/mol. The summed E-state index contributed by atoms with van der Waals surface area (Å²) >= 11 is 0. The molecule has 0 saturated heterocycles. The fourth-order valence-corrected chi connectivity index (χ4v) is 2.94. The van der Waals surface area contributed by atoms with Crippen LogP contribution in [0.25, 0.3) is 0 Å². The molecule has 0 radical (unpaired) electrons. The van der Waals surface area contributed by atoms with Crippen LogP contribution in [0.15, 0.2) is 24.3 Å². The Balaban J connectivity index is 1.80. The molecule has 1 aromatic heterocycles. The predicted octanol–water partition coefficient (Wildman–Crippen LogP) is 3.59. The molecule has 1 aromatic carbocycles. The number of rotatable bonds is 8. The summed E-state index contributed by atoms with van der Waals surface area (Å²) in [6.45, 7) is 9.89. The third kappa shape index (κ3) is 5.69. The fraction of sp³-hybridized carbons (Fsp3) is 0.500. The summed E-state index contributed by atoms with van der Waals surface area (Å²) in [5, 5.41) is 7.53. The highest BCUT2D eigenvalue weighted by Gasteiger charge is 2.13. The largest absolute Gasteiger partial charge is 0.356 e. The average molecular weight is 345 g/mol. The lowest BCUT2D eigenvalue weighted by Crippen LogP contribution is -2.26. The number of halogens is 1. The lowest BCUT2D eigenvalue weighted by atomic mass is 10.1. The highest BCUT2D eigenvalue weighted by atomic mass is 19.1. The lowest BCUT2D eigenvalue weighted by molar-refractivity contribution is -0.121. The molecule has 0 atom stereocenters. The van der Waals surface area contributed by atoms with E-state index in [1.807, 2.05) is 11.6 Å². The summed E-state index contributed by atoms with van der Waals surface area (Å²) < 4.78 is 14.9. The Bertz CT molecular complexity index is 704. The van der Waals surface area contributed by atoms with Crippen LogP contribution in [0.4, 0.5) is 4.39 Å². The van der Waals surface area contributed by atoms with Crippen LogP contribution in [0.5, 0.6) is 0 Å². The third-order valence-electron chi connectivity index (χ3n) is 4.32. The molecule has 0 aliphatic carbocycles. The van der Waals surface area contributed by atoms with E-state index in [4.69, 9.17) is 0 Å². The first-order valence-electron chi connectivity index (χ1n) is 8.91. The second kappa shape index (κ2) is 8.79. The minimum Gasteiger partial charge on any atom is -0.356 e. The minimum atomic E-state index is -0.239. The molecule has 2 rings (SSSR count). The molecule has 0 aliphatic rings. The van der Waals surface area contributed by atoms with Crippen molar-refractivity contribution in [1.29, 1.82) is 0 Å². The van der Waals surface area contributed by atoms with Crippen LogP contribution in [0.2, 0.25) is 0 Å². The van der Waals surface area contributed by atoms with Crippen molar-refractivity contribution in [2.24, 2.45) is 5.92 Å². The molecule has 5 heteroatoms. The van der Waals surface area contributed by atoms with E-state index in [2.05, 4.69) is 31.2 Å². The third-order valence-corrected chi connectivity index (χ3v) is 4.32.